The van der Waals surface area contributed by atoms with Crippen LogP contribution >= 0.6 is 0 Å². The van der Waals surface area contributed by atoms with Crippen LogP contribution in [-0.2, 0) is 0 Å². The SMILES string of the molecule is CC1=NNC2CC(C(C)C)C(C)C=C12. The molecule has 0 aromatic rings. The zero-order valence-corrected chi connectivity index (χ0v) is 9.54. The molecule has 0 amide bonds. The Morgan fingerprint density at radius 3 is 2.86 bits per heavy atom. The van der Waals surface area contributed by atoms with Gasteiger partial charge in [-0.15, -0.1) is 0 Å². The fourth-order valence-corrected chi connectivity index (χ4v) is 2.75. The van der Waals surface area contributed by atoms with Gasteiger partial charge in [0.25, 0.3) is 0 Å². The highest BCUT2D eigenvalue weighted by Gasteiger charge is 2.33. The summed E-state index contributed by atoms with van der Waals surface area (Å²) in [6.45, 7) is 9.08. The first-order valence-corrected chi connectivity index (χ1v) is 5.61. The zero-order valence-electron chi connectivity index (χ0n) is 9.54. The lowest BCUT2D eigenvalue weighted by Gasteiger charge is -2.33. The summed E-state index contributed by atoms with van der Waals surface area (Å²) in [5.41, 5.74) is 5.86. The van der Waals surface area contributed by atoms with Crippen molar-refractivity contribution in [1.82, 2.24) is 5.43 Å². The molecule has 2 aliphatic rings. The number of nitrogens with one attached hydrogen (secondary N) is 1. The number of allylic oxidation sites excluding steroid dienone is 1. The van der Waals surface area contributed by atoms with Crippen LogP contribution in [0.25, 0.3) is 0 Å². The maximum Gasteiger partial charge on any atom is 0.0707 e. The van der Waals surface area contributed by atoms with Gasteiger partial charge in [-0.05, 0) is 36.7 Å². The predicted molar refractivity (Wildman–Crippen MR) is 60.2 cm³/mol. The normalized spacial score (nSPS) is 36.2. The molecule has 0 aromatic heterocycles. The summed E-state index contributed by atoms with van der Waals surface area (Å²) < 4.78 is 0. The summed E-state index contributed by atoms with van der Waals surface area (Å²) in [4.78, 5) is 0. The van der Waals surface area contributed by atoms with E-state index in [4.69, 9.17) is 0 Å². The molecule has 0 spiro atoms. The molecule has 2 nitrogen and oxygen atoms in total. The van der Waals surface area contributed by atoms with Crippen LogP contribution in [0.15, 0.2) is 16.8 Å². The van der Waals surface area contributed by atoms with Crippen LogP contribution in [0.3, 0.4) is 0 Å². The van der Waals surface area contributed by atoms with Gasteiger partial charge in [0.1, 0.15) is 0 Å². The highest BCUT2D eigenvalue weighted by Crippen LogP contribution is 2.35. The second kappa shape index (κ2) is 3.41. The number of nitrogens with zero attached hydrogens (tertiary/aromatic N) is 1. The van der Waals surface area contributed by atoms with Crippen molar-refractivity contribution in [2.75, 3.05) is 0 Å². The molecule has 2 heteroatoms. The van der Waals surface area contributed by atoms with E-state index in [2.05, 4.69) is 44.3 Å². The Bertz CT molecular complexity index is 289. The number of fused-ring (bicyclic) bond motifs is 1. The average Bonchev–Trinajstić information content (AvgIpc) is 2.46. The Hall–Kier alpha value is -0.790. The lowest BCUT2D eigenvalue weighted by molar-refractivity contribution is 0.258. The quantitative estimate of drug-likeness (QED) is 0.678. The van der Waals surface area contributed by atoms with Crippen LogP contribution in [0, 0.1) is 17.8 Å². The molecule has 3 atom stereocenters. The number of hydrogen-bond donors (Lipinski definition) is 1. The average molecular weight is 192 g/mol. The van der Waals surface area contributed by atoms with E-state index in [1.807, 2.05) is 0 Å². The van der Waals surface area contributed by atoms with Crippen molar-refractivity contribution in [3.63, 3.8) is 0 Å². The van der Waals surface area contributed by atoms with Crippen LogP contribution < -0.4 is 5.43 Å². The Labute approximate surface area is 86.5 Å². The maximum atomic E-state index is 4.31. The standard InChI is InChI=1S/C12H20N2/c1-7(2)10-6-12-11(5-8(10)3)9(4)13-14-12/h5,7-8,10,12,14H,6H2,1-4H3. The van der Waals surface area contributed by atoms with E-state index in [0.29, 0.717) is 12.0 Å². The van der Waals surface area contributed by atoms with Gasteiger partial charge in [0, 0.05) is 0 Å². The molecule has 1 heterocycles. The summed E-state index contributed by atoms with van der Waals surface area (Å²) >= 11 is 0. The van der Waals surface area contributed by atoms with E-state index in [1.165, 1.54) is 17.7 Å². The van der Waals surface area contributed by atoms with E-state index in [0.717, 1.165) is 11.8 Å². The molecule has 0 saturated carbocycles. The molecule has 0 radical (unpaired) electrons. The minimum Gasteiger partial charge on any atom is -0.302 e. The summed E-state index contributed by atoms with van der Waals surface area (Å²) in [5.74, 6) is 2.27. The first kappa shape index (κ1) is 9.75. The van der Waals surface area contributed by atoms with Gasteiger partial charge in [0.05, 0.1) is 11.8 Å². The molecule has 0 aromatic carbocycles. The third kappa shape index (κ3) is 1.47. The van der Waals surface area contributed by atoms with Crippen molar-refractivity contribution in [2.45, 2.75) is 40.2 Å². The lowest BCUT2D eigenvalue weighted by Crippen LogP contribution is -2.34. The van der Waals surface area contributed by atoms with Gasteiger partial charge in [-0.1, -0.05) is 26.8 Å². The minimum absolute atomic E-state index is 0.499. The van der Waals surface area contributed by atoms with Crippen molar-refractivity contribution < 1.29 is 0 Å². The number of hydrazone groups is 1. The minimum atomic E-state index is 0.499. The first-order chi connectivity index (χ1) is 6.59. The van der Waals surface area contributed by atoms with Crippen molar-refractivity contribution in [3.8, 4) is 0 Å². The van der Waals surface area contributed by atoms with Crippen LogP contribution in [0.5, 0.6) is 0 Å². The molecule has 1 N–H and O–H groups in total. The third-order valence-corrected chi connectivity index (χ3v) is 3.66. The monoisotopic (exact) mass is 192 g/mol. The van der Waals surface area contributed by atoms with Crippen LogP contribution in [0.4, 0.5) is 0 Å². The number of hydrogen-bond acceptors (Lipinski definition) is 2. The predicted octanol–water partition coefficient (Wildman–Crippen LogP) is 2.57. The van der Waals surface area contributed by atoms with E-state index < -0.39 is 0 Å². The van der Waals surface area contributed by atoms with Crippen molar-refractivity contribution in [2.24, 2.45) is 22.9 Å². The fraction of sp³-hybridized carbons (Fsp3) is 0.750. The van der Waals surface area contributed by atoms with Crippen molar-refractivity contribution in [3.05, 3.63) is 11.6 Å². The van der Waals surface area contributed by atoms with E-state index in [9.17, 15) is 0 Å². The molecular formula is C12H20N2. The maximum absolute atomic E-state index is 4.31. The van der Waals surface area contributed by atoms with Crippen molar-refractivity contribution >= 4 is 5.71 Å². The molecular weight excluding hydrogens is 172 g/mol. The Kier molecular flexibility index (Phi) is 2.38. The van der Waals surface area contributed by atoms with E-state index >= 15 is 0 Å². The Morgan fingerprint density at radius 1 is 1.50 bits per heavy atom. The van der Waals surface area contributed by atoms with Gasteiger partial charge < -0.3 is 5.43 Å². The zero-order chi connectivity index (χ0) is 10.3. The summed E-state index contributed by atoms with van der Waals surface area (Å²) in [6.07, 6.45) is 3.66. The van der Waals surface area contributed by atoms with Gasteiger partial charge >= 0.3 is 0 Å². The first-order valence-electron chi connectivity index (χ1n) is 5.61. The number of rotatable bonds is 1. The lowest BCUT2D eigenvalue weighted by atomic mass is 9.73. The second-order valence-electron chi connectivity index (χ2n) is 5.00. The molecule has 78 valence electrons. The molecule has 0 saturated heterocycles. The van der Waals surface area contributed by atoms with Crippen LogP contribution in [-0.4, -0.2) is 11.8 Å². The summed E-state index contributed by atoms with van der Waals surface area (Å²) in [5, 5.41) is 4.31. The van der Waals surface area contributed by atoms with Gasteiger partial charge in [-0.2, -0.15) is 5.10 Å². The molecule has 3 unspecified atom stereocenters. The molecule has 1 aliphatic carbocycles. The molecule has 0 fully saturated rings. The summed E-state index contributed by atoms with van der Waals surface area (Å²) in [7, 11) is 0. The highest BCUT2D eigenvalue weighted by atomic mass is 15.3. The van der Waals surface area contributed by atoms with Crippen LogP contribution in [0.2, 0.25) is 0 Å². The summed E-state index contributed by atoms with van der Waals surface area (Å²) in [6, 6.07) is 0.499. The van der Waals surface area contributed by atoms with Gasteiger partial charge in [-0.25, -0.2) is 0 Å². The molecule has 1 aliphatic heterocycles. The van der Waals surface area contributed by atoms with E-state index in [1.54, 1.807) is 0 Å². The van der Waals surface area contributed by atoms with Gasteiger partial charge in [0.15, 0.2) is 0 Å². The highest BCUT2D eigenvalue weighted by molar-refractivity contribution is 6.00. The molecule has 14 heavy (non-hydrogen) atoms. The van der Waals surface area contributed by atoms with Crippen molar-refractivity contribution in [1.29, 1.82) is 0 Å². The Morgan fingerprint density at radius 2 is 2.21 bits per heavy atom. The molecule has 2 rings (SSSR count). The van der Waals surface area contributed by atoms with E-state index in [-0.39, 0.29) is 0 Å². The smallest absolute Gasteiger partial charge is 0.0707 e. The van der Waals surface area contributed by atoms with Crippen LogP contribution in [0.1, 0.15) is 34.1 Å². The largest absolute Gasteiger partial charge is 0.302 e. The topological polar surface area (TPSA) is 24.4 Å². The van der Waals surface area contributed by atoms with Gasteiger partial charge in [-0.3, -0.25) is 0 Å². The Balaban J connectivity index is 2.21. The fourth-order valence-electron chi connectivity index (χ4n) is 2.75. The van der Waals surface area contributed by atoms with Gasteiger partial charge in [0.2, 0.25) is 0 Å². The second-order valence-corrected chi connectivity index (χ2v) is 5.00. The third-order valence-electron chi connectivity index (χ3n) is 3.66. The molecule has 0 bridgehead atoms.